The van der Waals surface area contributed by atoms with Gasteiger partial charge in [0.25, 0.3) is 0 Å². The number of hydrogen-bond donors (Lipinski definition) is 1. The first-order chi connectivity index (χ1) is 7.08. The Hall–Kier alpha value is -0.940. The smallest absolute Gasteiger partial charge is 0.227 e. The van der Waals surface area contributed by atoms with E-state index in [-0.39, 0.29) is 0 Å². The molecule has 0 aromatic carbocycles. The lowest BCUT2D eigenvalue weighted by molar-refractivity contribution is 0.347. The van der Waals surface area contributed by atoms with Crippen LogP contribution >= 0.6 is 0 Å². The third kappa shape index (κ3) is 4.90. The van der Waals surface area contributed by atoms with Crippen molar-refractivity contribution in [3.63, 3.8) is 0 Å². The number of hydrogen-bond acceptors (Lipinski definition) is 5. The quantitative estimate of drug-likeness (QED) is 0.751. The molecule has 1 aromatic rings. The van der Waals surface area contributed by atoms with Crippen LogP contribution in [0.4, 0.5) is 0 Å². The van der Waals surface area contributed by atoms with E-state index in [1.54, 1.807) is 0 Å². The van der Waals surface area contributed by atoms with Gasteiger partial charge >= 0.3 is 0 Å². The van der Waals surface area contributed by atoms with Crippen LogP contribution in [0.15, 0.2) is 4.52 Å². The number of nitrogens with zero attached hydrogens (tertiary/aromatic N) is 3. The molecule has 1 N–H and O–H groups in total. The summed E-state index contributed by atoms with van der Waals surface area (Å²) in [6.07, 6.45) is 0.790. The highest BCUT2D eigenvalue weighted by Crippen LogP contribution is 1.99. The lowest BCUT2D eigenvalue weighted by Crippen LogP contribution is -2.25. The molecule has 86 valence electrons. The van der Waals surface area contributed by atoms with E-state index in [9.17, 15) is 0 Å². The average Bonchev–Trinajstić information content (AvgIpc) is 2.50. The first-order valence-electron chi connectivity index (χ1n) is 5.27. The van der Waals surface area contributed by atoms with E-state index < -0.39 is 0 Å². The van der Waals surface area contributed by atoms with Gasteiger partial charge in [-0.2, -0.15) is 4.98 Å². The van der Waals surface area contributed by atoms with Crippen LogP contribution in [0.3, 0.4) is 0 Å². The van der Waals surface area contributed by atoms with E-state index in [1.165, 1.54) is 0 Å². The maximum atomic E-state index is 5.12. The Morgan fingerprint density at radius 1 is 1.40 bits per heavy atom. The Morgan fingerprint density at radius 2 is 2.13 bits per heavy atom. The van der Waals surface area contributed by atoms with Crippen molar-refractivity contribution in [1.82, 2.24) is 20.4 Å². The first-order valence-corrected chi connectivity index (χ1v) is 5.27. The Balaban J connectivity index is 2.33. The largest absolute Gasteiger partial charge is 0.339 e. The fraction of sp³-hybridized carbons (Fsp3) is 0.800. The summed E-state index contributed by atoms with van der Waals surface area (Å²) in [5.41, 5.74) is 0. The molecule has 0 aliphatic rings. The fourth-order valence-corrected chi connectivity index (χ4v) is 1.21. The van der Waals surface area contributed by atoms with Crippen molar-refractivity contribution in [2.75, 3.05) is 20.6 Å². The molecule has 0 aliphatic carbocycles. The Labute approximate surface area is 90.8 Å². The Kier molecular flexibility index (Phi) is 4.71. The molecule has 0 saturated heterocycles. The highest BCUT2D eigenvalue weighted by Gasteiger charge is 2.06. The van der Waals surface area contributed by atoms with Gasteiger partial charge in [0, 0.05) is 19.0 Å². The highest BCUT2D eigenvalue weighted by molar-refractivity contribution is 4.86. The molecule has 5 nitrogen and oxygen atoms in total. The third-order valence-electron chi connectivity index (χ3n) is 1.86. The van der Waals surface area contributed by atoms with Crippen molar-refractivity contribution >= 4 is 0 Å². The monoisotopic (exact) mass is 212 g/mol. The molecule has 0 bridgehead atoms. The van der Waals surface area contributed by atoms with Gasteiger partial charge in [-0.05, 0) is 14.1 Å². The fourth-order valence-electron chi connectivity index (χ4n) is 1.21. The zero-order valence-electron chi connectivity index (χ0n) is 9.95. The van der Waals surface area contributed by atoms with E-state index in [0.29, 0.717) is 11.9 Å². The molecule has 0 aliphatic heterocycles. The predicted molar refractivity (Wildman–Crippen MR) is 58.5 cm³/mol. The molecule has 1 heterocycles. The second kappa shape index (κ2) is 5.82. The van der Waals surface area contributed by atoms with Gasteiger partial charge in [-0.15, -0.1) is 0 Å². The highest BCUT2D eigenvalue weighted by atomic mass is 16.5. The average molecular weight is 212 g/mol. The lowest BCUT2D eigenvalue weighted by Gasteiger charge is -2.05. The minimum atomic E-state index is 0.495. The summed E-state index contributed by atoms with van der Waals surface area (Å²) in [7, 11) is 3.96. The van der Waals surface area contributed by atoms with E-state index >= 15 is 0 Å². The second-order valence-electron chi connectivity index (χ2n) is 4.20. The second-order valence-corrected chi connectivity index (χ2v) is 4.20. The molecule has 1 aromatic heterocycles. The zero-order valence-corrected chi connectivity index (χ0v) is 9.95. The molecule has 0 atom stereocenters. The minimum absolute atomic E-state index is 0.495. The molecule has 0 unspecified atom stereocenters. The zero-order chi connectivity index (χ0) is 11.3. The van der Waals surface area contributed by atoms with Crippen molar-refractivity contribution in [2.24, 2.45) is 0 Å². The number of rotatable bonds is 6. The van der Waals surface area contributed by atoms with E-state index in [2.05, 4.69) is 29.3 Å². The molecular weight excluding hydrogens is 192 g/mol. The molecular formula is C10H20N4O. The van der Waals surface area contributed by atoms with Crippen molar-refractivity contribution in [3.05, 3.63) is 11.7 Å². The van der Waals surface area contributed by atoms with Crippen molar-refractivity contribution < 1.29 is 4.52 Å². The third-order valence-corrected chi connectivity index (χ3v) is 1.86. The first kappa shape index (κ1) is 12.1. The van der Waals surface area contributed by atoms with Gasteiger partial charge < -0.3 is 14.7 Å². The maximum absolute atomic E-state index is 5.12. The van der Waals surface area contributed by atoms with Crippen molar-refractivity contribution in [3.8, 4) is 0 Å². The standard InChI is InChI=1S/C10H20N4O/c1-8(2)11-6-5-10-12-9(13-15-10)7-14(3)4/h8,11H,5-7H2,1-4H3. The molecule has 1 rings (SSSR count). The van der Waals surface area contributed by atoms with E-state index in [0.717, 1.165) is 25.3 Å². The van der Waals surface area contributed by atoms with Gasteiger partial charge in [0.1, 0.15) is 0 Å². The summed E-state index contributed by atoms with van der Waals surface area (Å²) in [5.74, 6) is 1.46. The van der Waals surface area contributed by atoms with Crippen LogP contribution in [0.5, 0.6) is 0 Å². The summed E-state index contributed by atoms with van der Waals surface area (Å²) >= 11 is 0. The van der Waals surface area contributed by atoms with Gasteiger partial charge in [0.05, 0.1) is 6.54 Å². The molecule has 0 saturated carbocycles. The van der Waals surface area contributed by atoms with Crippen molar-refractivity contribution in [2.45, 2.75) is 32.9 Å². The van der Waals surface area contributed by atoms with Crippen LogP contribution in [0.25, 0.3) is 0 Å². The van der Waals surface area contributed by atoms with Crippen LogP contribution in [-0.2, 0) is 13.0 Å². The topological polar surface area (TPSA) is 54.2 Å². The molecule has 0 fully saturated rings. The summed E-state index contributed by atoms with van der Waals surface area (Å²) in [4.78, 5) is 6.30. The molecule has 0 radical (unpaired) electrons. The van der Waals surface area contributed by atoms with Gasteiger partial charge in [-0.1, -0.05) is 19.0 Å². The minimum Gasteiger partial charge on any atom is -0.339 e. The summed E-state index contributed by atoms with van der Waals surface area (Å²) in [5, 5.41) is 7.20. The number of nitrogens with one attached hydrogen (secondary N) is 1. The van der Waals surface area contributed by atoms with E-state index in [4.69, 9.17) is 4.52 Å². The maximum Gasteiger partial charge on any atom is 0.227 e. The molecule has 15 heavy (non-hydrogen) atoms. The SMILES string of the molecule is CC(C)NCCc1nc(CN(C)C)no1. The number of aromatic nitrogens is 2. The van der Waals surface area contributed by atoms with E-state index in [1.807, 2.05) is 19.0 Å². The Morgan fingerprint density at radius 3 is 2.73 bits per heavy atom. The predicted octanol–water partition coefficient (Wildman–Crippen LogP) is 0.672. The summed E-state index contributed by atoms with van der Waals surface area (Å²) < 4.78 is 5.12. The lowest BCUT2D eigenvalue weighted by atomic mass is 10.3. The summed E-state index contributed by atoms with van der Waals surface area (Å²) in [6.45, 7) is 5.83. The van der Waals surface area contributed by atoms with Crippen LogP contribution in [0.1, 0.15) is 25.6 Å². The summed E-state index contributed by atoms with van der Waals surface area (Å²) in [6, 6.07) is 0.495. The van der Waals surface area contributed by atoms with Crippen molar-refractivity contribution in [1.29, 1.82) is 0 Å². The normalized spacial score (nSPS) is 11.6. The molecule has 0 amide bonds. The molecule has 5 heteroatoms. The van der Waals surface area contributed by atoms with Gasteiger partial charge in [0.15, 0.2) is 5.82 Å². The van der Waals surface area contributed by atoms with Gasteiger partial charge in [0.2, 0.25) is 5.89 Å². The van der Waals surface area contributed by atoms with Crippen LogP contribution in [-0.4, -0.2) is 41.7 Å². The van der Waals surface area contributed by atoms with Gasteiger partial charge in [-0.3, -0.25) is 0 Å². The van der Waals surface area contributed by atoms with Crippen LogP contribution in [0, 0.1) is 0 Å². The Bertz CT molecular complexity index is 283. The van der Waals surface area contributed by atoms with Crippen LogP contribution < -0.4 is 5.32 Å². The van der Waals surface area contributed by atoms with Crippen LogP contribution in [0.2, 0.25) is 0 Å². The molecule has 0 spiro atoms. The van der Waals surface area contributed by atoms with Gasteiger partial charge in [-0.25, -0.2) is 0 Å².